The molecule has 1 aliphatic heterocycles. The summed E-state index contributed by atoms with van der Waals surface area (Å²) in [7, 11) is 0. The predicted octanol–water partition coefficient (Wildman–Crippen LogP) is 3.81. The van der Waals surface area contributed by atoms with Gasteiger partial charge in [-0.3, -0.25) is 14.4 Å². The molecule has 2 heterocycles. The summed E-state index contributed by atoms with van der Waals surface area (Å²) in [4.78, 5) is 43.0. The number of ether oxygens (including phenoxy) is 1. The van der Waals surface area contributed by atoms with Gasteiger partial charge < -0.3 is 14.6 Å². The molecule has 0 spiro atoms. The number of hydrogen-bond acceptors (Lipinski definition) is 5. The van der Waals surface area contributed by atoms with Crippen molar-refractivity contribution in [2.45, 2.75) is 24.3 Å². The van der Waals surface area contributed by atoms with Gasteiger partial charge in [-0.1, -0.05) is 30.3 Å². The number of esters is 1. The fourth-order valence-corrected chi connectivity index (χ4v) is 4.34. The number of Topliss-reactive ketones (excluding diaryl/α,β-unsaturated/α-hetero) is 1. The van der Waals surface area contributed by atoms with Gasteiger partial charge in [0.05, 0.1) is 17.9 Å². The smallest absolute Gasteiger partial charge is 0.308 e. The normalized spacial score (nSPS) is 14.5. The van der Waals surface area contributed by atoms with Crippen molar-refractivity contribution in [3.8, 4) is 0 Å². The van der Waals surface area contributed by atoms with Crippen molar-refractivity contribution in [1.29, 1.82) is 0 Å². The summed E-state index contributed by atoms with van der Waals surface area (Å²) in [5.74, 6) is -0.452. The number of para-hydroxylation sites is 2. The number of anilines is 1. The van der Waals surface area contributed by atoms with Crippen molar-refractivity contribution in [3.05, 3.63) is 60.3 Å². The Kier molecular flexibility index (Phi) is 5.40. The molecule has 0 saturated heterocycles. The highest BCUT2D eigenvalue weighted by Crippen LogP contribution is 2.34. The van der Waals surface area contributed by atoms with Gasteiger partial charge in [0.2, 0.25) is 11.7 Å². The van der Waals surface area contributed by atoms with Gasteiger partial charge in [-0.25, -0.2) is 0 Å². The van der Waals surface area contributed by atoms with E-state index in [2.05, 4.69) is 4.98 Å². The molecule has 0 aliphatic carbocycles. The number of aromatic amines is 1. The number of carbonyl (C=O) groups excluding carboxylic acids is 3. The number of rotatable bonds is 6. The molecule has 0 unspecified atom stereocenters. The first-order valence-electron chi connectivity index (χ1n) is 9.36. The van der Waals surface area contributed by atoms with Gasteiger partial charge in [0.25, 0.3) is 0 Å². The molecule has 2 aromatic carbocycles. The van der Waals surface area contributed by atoms with Gasteiger partial charge in [0.15, 0.2) is 6.10 Å². The fraction of sp³-hybridized carbons (Fsp3) is 0.227. The zero-order valence-electron chi connectivity index (χ0n) is 15.9. The third kappa shape index (κ3) is 3.91. The standard InChI is InChI=1S/C22H20N2O4S/c1-14(22(27)16-12-23-17-7-3-2-6-15(16)17)28-21(26)10-11-24-18-8-4-5-9-19(18)29-13-20(24)25/h2-9,12,14,23H,10-11,13H2,1H3/t14-/m0/s1. The third-order valence-corrected chi connectivity index (χ3v) is 5.93. The van der Waals surface area contributed by atoms with E-state index in [1.54, 1.807) is 18.0 Å². The lowest BCUT2D eigenvalue weighted by Gasteiger charge is -2.28. The Balaban J connectivity index is 1.38. The number of benzene rings is 2. The van der Waals surface area contributed by atoms with Gasteiger partial charge in [0, 0.05) is 34.1 Å². The van der Waals surface area contributed by atoms with E-state index in [1.165, 1.54) is 11.8 Å². The van der Waals surface area contributed by atoms with E-state index >= 15 is 0 Å². The maximum atomic E-state index is 12.7. The van der Waals surface area contributed by atoms with Crippen LogP contribution in [0.25, 0.3) is 10.9 Å². The molecular weight excluding hydrogens is 388 g/mol. The van der Waals surface area contributed by atoms with Crippen molar-refractivity contribution >= 4 is 46.0 Å². The highest BCUT2D eigenvalue weighted by molar-refractivity contribution is 8.00. The SMILES string of the molecule is C[C@H](OC(=O)CCN1C(=O)CSc2ccccc21)C(=O)c1c[nH]c2ccccc12. The van der Waals surface area contributed by atoms with Crippen LogP contribution in [0.15, 0.2) is 59.6 Å². The predicted molar refractivity (Wildman–Crippen MR) is 112 cm³/mol. The molecule has 0 radical (unpaired) electrons. The Morgan fingerprint density at radius 3 is 2.79 bits per heavy atom. The van der Waals surface area contributed by atoms with Crippen LogP contribution in [0.4, 0.5) is 5.69 Å². The average Bonchev–Trinajstić information content (AvgIpc) is 3.16. The number of thioether (sulfide) groups is 1. The second-order valence-corrected chi connectivity index (χ2v) is 7.81. The molecule has 1 amide bonds. The molecule has 7 heteroatoms. The highest BCUT2D eigenvalue weighted by atomic mass is 32.2. The van der Waals surface area contributed by atoms with E-state index in [0.29, 0.717) is 11.3 Å². The molecule has 0 bridgehead atoms. The summed E-state index contributed by atoms with van der Waals surface area (Å²) in [6, 6.07) is 15.1. The number of H-pyrrole nitrogens is 1. The molecule has 0 saturated carbocycles. The Morgan fingerprint density at radius 1 is 1.17 bits per heavy atom. The lowest BCUT2D eigenvalue weighted by Crippen LogP contribution is -2.37. The lowest BCUT2D eigenvalue weighted by molar-refractivity contribution is -0.146. The summed E-state index contributed by atoms with van der Waals surface area (Å²) in [6.45, 7) is 1.79. The Labute approximate surface area is 172 Å². The highest BCUT2D eigenvalue weighted by Gasteiger charge is 2.26. The van der Waals surface area contributed by atoms with Crippen LogP contribution in [0, 0.1) is 0 Å². The van der Waals surface area contributed by atoms with Crippen LogP contribution in [0.2, 0.25) is 0 Å². The van der Waals surface area contributed by atoms with Gasteiger partial charge >= 0.3 is 5.97 Å². The first-order valence-corrected chi connectivity index (χ1v) is 10.3. The minimum absolute atomic E-state index is 0.0241. The van der Waals surface area contributed by atoms with Crippen LogP contribution < -0.4 is 4.90 Å². The third-order valence-electron chi connectivity index (χ3n) is 4.88. The summed E-state index contributed by atoms with van der Waals surface area (Å²) in [5, 5.41) is 0.799. The molecular formula is C22H20N2O4S. The zero-order chi connectivity index (χ0) is 20.4. The van der Waals surface area contributed by atoms with Crippen LogP contribution >= 0.6 is 11.8 Å². The molecule has 6 nitrogen and oxygen atoms in total. The van der Waals surface area contributed by atoms with Gasteiger partial charge in [-0.2, -0.15) is 0 Å². The molecule has 148 valence electrons. The molecule has 29 heavy (non-hydrogen) atoms. The molecule has 3 aromatic rings. The van der Waals surface area contributed by atoms with Crippen LogP contribution in [0.5, 0.6) is 0 Å². The van der Waals surface area contributed by atoms with Gasteiger partial charge in [0.1, 0.15) is 0 Å². The Morgan fingerprint density at radius 2 is 1.93 bits per heavy atom. The molecule has 1 aliphatic rings. The topological polar surface area (TPSA) is 79.5 Å². The minimum atomic E-state index is -0.901. The number of fused-ring (bicyclic) bond motifs is 2. The number of nitrogens with one attached hydrogen (secondary N) is 1. The first kappa shape index (κ1) is 19.3. The number of aromatic nitrogens is 1. The van der Waals surface area contributed by atoms with E-state index in [4.69, 9.17) is 4.74 Å². The number of ketones is 1. The molecule has 0 fully saturated rings. The van der Waals surface area contributed by atoms with E-state index in [9.17, 15) is 14.4 Å². The van der Waals surface area contributed by atoms with Crippen molar-refractivity contribution in [3.63, 3.8) is 0 Å². The molecule has 1 N–H and O–H groups in total. The fourth-order valence-electron chi connectivity index (χ4n) is 3.41. The van der Waals surface area contributed by atoms with E-state index in [-0.39, 0.29) is 24.7 Å². The summed E-state index contributed by atoms with van der Waals surface area (Å²) in [6.07, 6.45) is 0.760. The number of amides is 1. The van der Waals surface area contributed by atoms with Crippen LogP contribution in [0.3, 0.4) is 0 Å². The van der Waals surface area contributed by atoms with Crippen molar-refractivity contribution < 1.29 is 19.1 Å². The second kappa shape index (κ2) is 8.13. The first-order chi connectivity index (χ1) is 14.0. The van der Waals surface area contributed by atoms with E-state index in [1.807, 2.05) is 48.5 Å². The largest absolute Gasteiger partial charge is 0.454 e. The van der Waals surface area contributed by atoms with Crippen LogP contribution in [-0.2, 0) is 14.3 Å². The summed E-state index contributed by atoms with van der Waals surface area (Å²) in [5.41, 5.74) is 2.16. The van der Waals surface area contributed by atoms with Crippen molar-refractivity contribution in [2.75, 3.05) is 17.2 Å². The maximum absolute atomic E-state index is 12.7. The monoisotopic (exact) mass is 408 g/mol. The quantitative estimate of drug-likeness (QED) is 0.496. The lowest BCUT2D eigenvalue weighted by atomic mass is 10.1. The van der Waals surface area contributed by atoms with Crippen molar-refractivity contribution in [2.24, 2.45) is 0 Å². The minimum Gasteiger partial charge on any atom is -0.454 e. The summed E-state index contributed by atoms with van der Waals surface area (Å²) < 4.78 is 5.35. The van der Waals surface area contributed by atoms with Crippen LogP contribution in [-0.4, -0.2) is 41.0 Å². The Hall–Kier alpha value is -3.06. The molecule has 1 aromatic heterocycles. The number of hydrogen-bond donors (Lipinski definition) is 1. The van der Waals surface area contributed by atoms with Gasteiger partial charge in [-0.05, 0) is 25.1 Å². The second-order valence-electron chi connectivity index (χ2n) is 6.80. The van der Waals surface area contributed by atoms with Crippen molar-refractivity contribution in [1.82, 2.24) is 4.98 Å². The zero-order valence-corrected chi connectivity index (χ0v) is 16.7. The Bertz CT molecular complexity index is 1090. The molecule has 4 rings (SSSR count). The molecule has 1 atom stereocenters. The maximum Gasteiger partial charge on any atom is 0.308 e. The van der Waals surface area contributed by atoms with Gasteiger partial charge in [-0.15, -0.1) is 11.8 Å². The average molecular weight is 408 g/mol. The van der Waals surface area contributed by atoms with E-state index in [0.717, 1.165) is 21.5 Å². The van der Waals surface area contributed by atoms with E-state index < -0.39 is 12.1 Å². The van der Waals surface area contributed by atoms with Crippen LogP contribution in [0.1, 0.15) is 23.7 Å². The summed E-state index contributed by atoms with van der Waals surface area (Å²) >= 11 is 1.49. The number of nitrogens with zero attached hydrogens (tertiary/aromatic N) is 1. The number of carbonyl (C=O) groups is 3.